The zero-order valence-corrected chi connectivity index (χ0v) is 12.6. The first-order valence-corrected chi connectivity index (χ1v) is 7.28. The number of rotatable bonds is 6. The van der Waals surface area contributed by atoms with Gasteiger partial charge >= 0.3 is 0 Å². The van der Waals surface area contributed by atoms with Crippen molar-refractivity contribution >= 4 is 15.9 Å². The van der Waals surface area contributed by atoms with Gasteiger partial charge in [-0.1, -0.05) is 46.6 Å². The van der Waals surface area contributed by atoms with Gasteiger partial charge in [0.25, 0.3) is 0 Å². The van der Waals surface area contributed by atoms with Gasteiger partial charge in [0.2, 0.25) is 5.89 Å². The van der Waals surface area contributed by atoms with Crippen LogP contribution in [0.5, 0.6) is 0 Å². The third-order valence-electron chi connectivity index (χ3n) is 2.88. The molecule has 2 rings (SSSR count). The standard InChI is InChI=1S/C14H18BrN3O/c1-2-3-12(16)9-14-17-13(18-19-14)8-10-4-6-11(15)7-5-10/h4-7,12H,2-3,8-9,16H2,1H3. The van der Waals surface area contributed by atoms with E-state index in [2.05, 4.69) is 33.0 Å². The normalized spacial score (nSPS) is 12.6. The van der Waals surface area contributed by atoms with Gasteiger partial charge < -0.3 is 10.3 Å². The molecule has 0 aliphatic rings. The van der Waals surface area contributed by atoms with Crippen molar-refractivity contribution in [2.75, 3.05) is 0 Å². The van der Waals surface area contributed by atoms with Crippen LogP contribution >= 0.6 is 15.9 Å². The Morgan fingerprint density at radius 3 is 2.74 bits per heavy atom. The molecule has 0 aliphatic carbocycles. The van der Waals surface area contributed by atoms with Gasteiger partial charge in [-0.05, 0) is 24.1 Å². The Morgan fingerprint density at radius 2 is 2.05 bits per heavy atom. The number of halogens is 1. The smallest absolute Gasteiger partial charge is 0.228 e. The quantitative estimate of drug-likeness (QED) is 0.887. The lowest BCUT2D eigenvalue weighted by atomic mass is 10.1. The van der Waals surface area contributed by atoms with E-state index in [9.17, 15) is 0 Å². The van der Waals surface area contributed by atoms with Crippen LogP contribution < -0.4 is 5.73 Å². The molecule has 0 spiro atoms. The van der Waals surface area contributed by atoms with Crippen LogP contribution in [0.25, 0.3) is 0 Å². The molecule has 0 saturated heterocycles. The lowest BCUT2D eigenvalue weighted by Gasteiger charge is -2.05. The highest BCUT2D eigenvalue weighted by Crippen LogP contribution is 2.13. The molecular weight excluding hydrogens is 306 g/mol. The van der Waals surface area contributed by atoms with Crippen LogP contribution in [0.4, 0.5) is 0 Å². The number of hydrogen-bond acceptors (Lipinski definition) is 4. The predicted octanol–water partition coefficient (Wildman–Crippen LogP) is 3.09. The Morgan fingerprint density at radius 1 is 1.32 bits per heavy atom. The van der Waals surface area contributed by atoms with E-state index in [0.717, 1.165) is 22.9 Å². The highest BCUT2D eigenvalue weighted by molar-refractivity contribution is 9.10. The molecule has 2 N–H and O–H groups in total. The number of nitrogens with two attached hydrogens (primary N) is 1. The summed E-state index contributed by atoms with van der Waals surface area (Å²) in [7, 11) is 0. The molecule has 2 aromatic rings. The van der Waals surface area contributed by atoms with Crippen LogP contribution in [-0.4, -0.2) is 16.2 Å². The fourth-order valence-corrected chi connectivity index (χ4v) is 2.19. The number of aromatic nitrogens is 2. The van der Waals surface area contributed by atoms with E-state index in [0.29, 0.717) is 24.6 Å². The summed E-state index contributed by atoms with van der Waals surface area (Å²) >= 11 is 3.41. The third-order valence-corrected chi connectivity index (χ3v) is 3.41. The molecule has 1 aromatic carbocycles. The SMILES string of the molecule is CCCC(N)Cc1nc(Cc2ccc(Br)cc2)no1. The van der Waals surface area contributed by atoms with Gasteiger partial charge in [-0.25, -0.2) is 0 Å². The van der Waals surface area contributed by atoms with E-state index in [4.69, 9.17) is 10.3 Å². The Labute approximate surface area is 121 Å². The predicted molar refractivity (Wildman–Crippen MR) is 77.8 cm³/mol. The third kappa shape index (κ3) is 4.44. The van der Waals surface area contributed by atoms with Crippen LogP contribution in [0.3, 0.4) is 0 Å². The van der Waals surface area contributed by atoms with Gasteiger partial charge in [-0.2, -0.15) is 4.98 Å². The molecule has 4 nitrogen and oxygen atoms in total. The molecule has 1 aromatic heterocycles. The molecule has 1 heterocycles. The Bertz CT molecular complexity index is 510. The van der Waals surface area contributed by atoms with Gasteiger partial charge in [0, 0.05) is 23.4 Å². The maximum atomic E-state index is 5.96. The summed E-state index contributed by atoms with van der Waals surface area (Å²) in [4.78, 5) is 4.38. The summed E-state index contributed by atoms with van der Waals surface area (Å²) < 4.78 is 6.29. The maximum absolute atomic E-state index is 5.96. The summed E-state index contributed by atoms with van der Waals surface area (Å²) in [5.41, 5.74) is 7.12. The van der Waals surface area contributed by atoms with Crippen molar-refractivity contribution in [2.24, 2.45) is 5.73 Å². The highest BCUT2D eigenvalue weighted by Gasteiger charge is 2.11. The van der Waals surface area contributed by atoms with E-state index in [1.54, 1.807) is 0 Å². The minimum atomic E-state index is 0.103. The summed E-state index contributed by atoms with van der Waals surface area (Å²) in [5, 5.41) is 3.99. The average molecular weight is 324 g/mol. The van der Waals surface area contributed by atoms with Crippen molar-refractivity contribution in [2.45, 2.75) is 38.6 Å². The van der Waals surface area contributed by atoms with Crippen molar-refractivity contribution in [3.05, 3.63) is 46.0 Å². The van der Waals surface area contributed by atoms with Gasteiger partial charge in [0.15, 0.2) is 5.82 Å². The lowest BCUT2D eigenvalue weighted by molar-refractivity contribution is 0.361. The molecule has 0 radical (unpaired) electrons. The second-order valence-corrected chi connectivity index (χ2v) is 5.58. The Hall–Kier alpha value is -1.20. The molecule has 1 unspecified atom stereocenters. The summed E-state index contributed by atoms with van der Waals surface area (Å²) in [6.45, 7) is 2.12. The Kier molecular flexibility index (Phi) is 5.10. The van der Waals surface area contributed by atoms with Crippen molar-refractivity contribution in [3.63, 3.8) is 0 Å². The van der Waals surface area contributed by atoms with Crippen LogP contribution in [0, 0.1) is 0 Å². The molecular formula is C14H18BrN3O. The largest absolute Gasteiger partial charge is 0.339 e. The van der Waals surface area contributed by atoms with Crippen molar-refractivity contribution < 1.29 is 4.52 Å². The second-order valence-electron chi connectivity index (χ2n) is 4.66. The van der Waals surface area contributed by atoms with Crippen LogP contribution in [0.15, 0.2) is 33.3 Å². The fraction of sp³-hybridized carbons (Fsp3) is 0.429. The first kappa shape index (κ1) is 14.2. The number of hydrogen-bond donors (Lipinski definition) is 1. The van der Waals surface area contributed by atoms with Crippen LogP contribution in [0.2, 0.25) is 0 Å². The van der Waals surface area contributed by atoms with Gasteiger partial charge in [0.05, 0.1) is 0 Å². The zero-order chi connectivity index (χ0) is 13.7. The van der Waals surface area contributed by atoms with E-state index in [-0.39, 0.29) is 6.04 Å². The van der Waals surface area contributed by atoms with E-state index in [1.165, 1.54) is 0 Å². The molecule has 0 saturated carbocycles. The molecule has 0 fully saturated rings. The molecule has 0 amide bonds. The molecule has 0 bridgehead atoms. The second kappa shape index (κ2) is 6.82. The van der Waals surface area contributed by atoms with E-state index < -0.39 is 0 Å². The first-order valence-electron chi connectivity index (χ1n) is 6.49. The lowest BCUT2D eigenvalue weighted by Crippen LogP contribution is -2.22. The molecule has 5 heteroatoms. The summed E-state index contributed by atoms with van der Waals surface area (Å²) in [6, 6.07) is 8.21. The van der Waals surface area contributed by atoms with Crippen LogP contribution in [-0.2, 0) is 12.8 Å². The topological polar surface area (TPSA) is 64.9 Å². The summed E-state index contributed by atoms with van der Waals surface area (Å²) in [5.74, 6) is 1.34. The first-order chi connectivity index (χ1) is 9.17. The molecule has 19 heavy (non-hydrogen) atoms. The van der Waals surface area contributed by atoms with Crippen molar-refractivity contribution in [1.82, 2.24) is 10.1 Å². The maximum Gasteiger partial charge on any atom is 0.228 e. The molecule has 0 aliphatic heterocycles. The van der Waals surface area contributed by atoms with Crippen molar-refractivity contribution in [1.29, 1.82) is 0 Å². The minimum Gasteiger partial charge on any atom is -0.339 e. The van der Waals surface area contributed by atoms with Gasteiger partial charge in [-0.3, -0.25) is 0 Å². The Balaban J connectivity index is 1.95. The molecule has 1 atom stereocenters. The van der Waals surface area contributed by atoms with E-state index >= 15 is 0 Å². The minimum absolute atomic E-state index is 0.103. The van der Waals surface area contributed by atoms with Crippen LogP contribution in [0.1, 0.15) is 37.0 Å². The van der Waals surface area contributed by atoms with Gasteiger partial charge in [0.1, 0.15) is 0 Å². The average Bonchev–Trinajstić information content (AvgIpc) is 2.80. The van der Waals surface area contributed by atoms with Gasteiger partial charge in [-0.15, -0.1) is 0 Å². The number of benzene rings is 1. The number of nitrogens with zero attached hydrogens (tertiary/aromatic N) is 2. The monoisotopic (exact) mass is 323 g/mol. The highest BCUT2D eigenvalue weighted by atomic mass is 79.9. The summed E-state index contributed by atoms with van der Waals surface area (Å²) in [6.07, 6.45) is 3.38. The molecule has 102 valence electrons. The zero-order valence-electron chi connectivity index (χ0n) is 11.0. The fourth-order valence-electron chi connectivity index (χ4n) is 1.93. The van der Waals surface area contributed by atoms with Crippen molar-refractivity contribution in [3.8, 4) is 0 Å². The van der Waals surface area contributed by atoms with E-state index in [1.807, 2.05) is 24.3 Å².